The highest BCUT2D eigenvalue weighted by atomic mass is 32.2. The van der Waals surface area contributed by atoms with Crippen LogP contribution in [0.2, 0.25) is 0 Å². The molecule has 1 N–H and O–H groups in total. The molecule has 0 radical (unpaired) electrons. The normalized spacial score (nSPS) is 19.8. The molecular weight excluding hydrogens is 426 g/mol. The van der Waals surface area contributed by atoms with Gasteiger partial charge in [-0.3, -0.25) is 9.69 Å². The molecule has 174 valence electrons. The van der Waals surface area contributed by atoms with Gasteiger partial charge in [-0.05, 0) is 51.3 Å². The average molecular weight is 460 g/mol. The highest BCUT2D eigenvalue weighted by Crippen LogP contribution is 2.26. The van der Waals surface area contributed by atoms with E-state index in [1.807, 2.05) is 18.2 Å². The Balaban J connectivity index is 1.34. The SMILES string of the molecule is Cc1nc(S(=O)(=O)N2CCC(C(=O)NCC(c3ccccc3)N3CCCC3)CC2)cn1C. The van der Waals surface area contributed by atoms with Gasteiger partial charge < -0.3 is 9.88 Å². The van der Waals surface area contributed by atoms with E-state index >= 15 is 0 Å². The Morgan fingerprint density at radius 2 is 1.78 bits per heavy atom. The van der Waals surface area contributed by atoms with Crippen molar-refractivity contribution in [2.75, 3.05) is 32.7 Å². The number of piperidine rings is 1. The van der Waals surface area contributed by atoms with Gasteiger partial charge in [-0.15, -0.1) is 0 Å². The zero-order valence-electron chi connectivity index (χ0n) is 18.9. The number of amides is 1. The number of likely N-dealkylation sites (tertiary alicyclic amines) is 1. The molecule has 2 aromatic rings. The number of sulfonamides is 1. The molecule has 3 heterocycles. The van der Waals surface area contributed by atoms with Gasteiger partial charge in [0.05, 0.1) is 6.04 Å². The lowest BCUT2D eigenvalue weighted by molar-refractivity contribution is -0.126. The third kappa shape index (κ3) is 4.89. The molecule has 32 heavy (non-hydrogen) atoms. The number of imidazole rings is 1. The minimum absolute atomic E-state index is 0.0239. The number of aryl methyl sites for hydroxylation is 2. The van der Waals surface area contributed by atoms with E-state index in [4.69, 9.17) is 0 Å². The highest BCUT2D eigenvalue weighted by Gasteiger charge is 2.34. The predicted molar refractivity (Wildman–Crippen MR) is 122 cm³/mol. The first kappa shape index (κ1) is 22.9. The van der Waals surface area contributed by atoms with E-state index in [1.165, 1.54) is 22.7 Å². The maximum absolute atomic E-state index is 12.9. The Bertz CT molecular complexity index is 1000. The van der Waals surface area contributed by atoms with Gasteiger partial charge >= 0.3 is 0 Å². The summed E-state index contributed by atoms with van der Waals surface area (Å²) in [6, 6.07) is 10.5. The molecule has 2 saturated heterocycles. The average Bonchev–Trinajstić information content (AvgIpc) is 3.45. The van der Waals surface area contributed by atoms with Crippen LogP contribution in [0.15, 0.2) is 41.6 Å². The van der Waals surface area contributed by atoms with Crippen molar-refractivity contribution in [3.05, 3.63) is 47.9 Å². The van der Waals surface area contributed by atoms with Crippen molar-refractivity contribution in [3.63, 3.8) is 0 Å². The summed E-state index contributed by atoms with van der Waals surface area (Å²) >= 11 is 0. The smallest absolute Gasteiger partial charge is 0.262 e. The van der Waals surface area contributed by atoms with Crippen molar-refractivity contribution in [1.29, 1.82) is 0 Å². The molecule has 0 aliphatic carbocycles. The van der Waals surface area contributed by atoms with Crippen molar-refractivity contribution in [3.8, 4) is 0 Å². The number of carbonyl (C=O) groups excluding carboxylic acids is 1. The second-order valence-corrected chi connectivity index (χ2v) is 10.7. The van der Waals surface area contributed by atoms with Gasteiger partial charge in [0.2, 0.25) is 5.91 Å². The molecule has 9 heteroatoms. The molecule has 2 fully saturated rings. The third-order valence-electron chi connectivity index (χ3n) is 6.75. The summed E-state index contributed by atoms with van der Waals surface area (Å²) in [6.45, 7) is 5.14. The molecular formula is C23H33N5O3S. The predicted octanol–water partition coefficient (Wildman–Crippen LogP) is 2.08. The molecule has 8 nitrogen and oxygen atoms in total. The van der Waals surface area contributed by atoms with Crippen molar-refractivity contribution in [2.45, 2.75) is 43.7 Å². The van der Waals surface area contributed by atoms with Crippen molar-refractivity contribution >= 4 is 15.9 Å². The zero-order valence-corrected chi connectivity index (χ0v) is 19.7. The zero-order chi connectivity index (χ0) is 22.7. The van der Waals surface area contributed by atoms with Crippen LogP contribution >= 0.6 is 0 Å². The van der Waals surface area contributed by atoms with Crippen molar-refractivity contribution in [1.82, 2.24) is 24.1 Å². The molecule has 1 atom stereocenters. The Hall–Kier alpha value is -2.23. The van der Waals surface area contributed by atoms with Gasteiger partial charge in [-0.2, -0.15) is 4.31 Å². The first-order valence-corrected chi connectivity index (χ1v) is 12.9. The molecule has 1 unspecified atom stereocenters. The van der Waals surface area contributed by atoms with E-state index in [2.05, 4.69) is 27.3 Å². The quantitative estimate of drug-likeness (QED) is 0.685. The van der Waals surface area contributed by atoms with E-state index in [-0.39, 0.29) is 22.9 Å². The van der Waals surface area contributed by atoms with Crippen LogP contribution in [0, 0.1) is 12.8 Å². The Morgan fingerprint density at radius 1 is 1.12 bits per heavy atom. The van der Waals surface area contributed by atoms with E-state index in [0.717, 1.165) is 13.1 Å². The van der Waals surface area contributed by atoms with Crippen LogP contribution in [-0.2, 0) is 21.9 Å². The number of benzene rings is 1. The van der Waals surface area contributed by atoms with Gasteiger partial charge in [0, 0.05) is 38.8 Å². The van der Waals surface area contributed by atoms with E-state index in [9.17, 15) is 13.2 Å². The molecule has 4 rings (SSSR count). The molecule has 0 spiro atoms. The van der Waals surface area contributed by atoms with Crippen LogP contribution < -0.4 is 5.32 Å². The Labute approximate surface area is 190 Å². The van der Waals surface area contributed by atoms with Crippen LogP contribution in [0.1, 0.15) is 43.1 Å². The lowest BCUT2D eigenvalue weighted by Crippen LogP contribution is -2.44. The summed E-state index contributed by atoms with van der Waals surface area (Å²) in [5.74, 6) is 0.515. The largest absolute Gasteiger partial charge is 0.354 e. The number of nitrogens with one attached hydrogen (secondary N) is 1. The number of aromatic nitrogens is 2. The topological polar surface area (TPSA) is 87.5 Å². The fourth-order valence-corrected chi connectivity index (χ4v) is 6.16. The number of rotatable bonds is 7. The summed E-state index contributed by atoms with van der Waals surface area (Å²) in [4.78, 5) is 19.5. The van der Waals surface area contributed by atoms with Gasteiger partial charge in [-0.1, -0.05) is 30.3 Å². The molecule has 1 aromatic carbocycles. The van der Waals surface area contributed by atoms with Crippen LogP contribution in [0.4, 0.5) is 0 Å². The summed E-state index contributed by atoms with van der Waals surface area (Å²) in [6.07, 6.45) is 4.98. The van der Waals surface area contributed by atoms with Crippen LogP contribution in [0.3, 0.4) is 0 Å². The molecule has 0 bridgehead atoms. The van der Waals surface area contributed by atoms with E-state index < -0.39 is 10.0 Å². The standard InChI is InChI=1S/C23H33N5O3S/c1-18-25-22(17-26(18)2)32(30,31)28-14-10-20(11-15-28)23(29)24-16-21(27-12-6-7-13-27)19-8-4-3-5-9-19/h3-5,8-9,17,20-21H,6-7,10-16H2,1-2H3,(H,24,29). The Morgan fingerprint density at radius 3 is 2.38 bits per heavy atom. The highest BCUT2D eigenvalue weighted by molar-refractivity contribution is 7.89. The maximum Gasteiger partial charge on any atom is 0.262 e. The summed E-state index contributed by atoms with van der Waals surface area (Å²) < 4.78 is 28.9. The fourth-order valence-electron chi connectivity index (χ4n) is 4.67. The lowest BCUT2D eigenvalue weighted by atomic mass is 9.97. The summed E-state index contributed by atoms with van der Waals surface area (Å²) in [5.41, 5.74) is 1.22. The second kappa shape index (κ2) is 9.72. The number of hydrogen-bond acceptors (Lipinski definition) is 5. The minimum Gasteiger partial charge on any atom is -0.354 e. The third-order valence-corrected chi connectivity index (χ3v) is 8.52. The maximum atomic E-state index is 12.9. The number of carbonyl (C=O) groups is 1. The monoisotopic (exact) mass is 459 g/mol. The summed E-state index contributed by atoms with van der Waals surface area (Å²) in [5, 5.41) is 3.24. The van der Waals surface area contributed by atoms with Gasteiger partial charge in [0.25, 0.3) is 10.0 Å². The van der Waals surface area contributed by atoms with Gasteiger partial charge in [0.1, 0.15) is 5.82 Å². The first-order chi connectivity index (χ1) is 15.4. The van der Waals surface area contributed by atoms with Crippen LogP contribution in [0.25, 0.3) is 0 Å². The molecule has 2 aliphatic rings. The number of hydrogen-bond donors (Lipinski definition) is 1. The van der Waals surface area contributed by atoms with Gasteiger partial charge in [-0.25, -0.2) is 13.4 Å². The van der Waals surface area contributed by atoms with Gasteiger partial charge in [0.15, 0.2) is 5.03 Å². The van der Waals surface area contributed by atoms with Crippen LogP contribution in [0.5, 0.6) is 0 Å². The fraction of sp³-hybridized carbons (Fsp3) is 0.565. The van der Waals surface area contributed by atoms with E-state index in [1.54, 1.807) is 24.7 Å². The first-order valence-electron chi connectivity index (χ1n) is 11.4. The molecule has 2 aliphatic heterocycles. The lowest BCUT2D eigenvalue weighted by Gasteiger charge is -2.31. The van der Waals surface area contributed by atoms with Crippen molar-refractivity contribution in [2.24, 2.45) is 13.0 Å². The van der Waals surface area contributed by atoms with Crippen molar-refractivity contribution < 1.29 is 13.2 Å². The van der Waals surface area contributed by atoms with Crippen LogP contribution in [-0.4, -0.2) is 65.8 Å². The summed E-state index contributed by atoms with van der Waals surface area (Å²) in [7, 11) is -1.84. The number of nitrogens with zero attached hydrogens (tertiary/aromatic N) is 4. The molecule has 1 aromatic heterocycles. The molecule has 0 saturated carbocycles. The van der Waals surface area contributed by atoms with E-state index in [0.29, 0.717) is 38.3 Å². The second-order valence-electron chi connectivity index (χ2n) is 8.83. The Kier molecular flexibility index (Phi) is 6.97. The minimum atomic E-state index is -3.62. The molecule has 1 amide bonds.